The third-order valence-corrected chi connectivity index (χ3v) is 6.66. The Morgan fingerprint density at radius 2 is 1.83 bits per heavy atom. The van der Waals surface area contributed by atoms with E-state index in [1.807, 2.05) is 38.1 Å². The van der Waals surface area contributed by atoms with Gasteiger partial charge in [0.1, 0.15) is 15.5 Å². The molecule has 0 saturated heterocycles. The van der Waals surface area contributed by atoms with Crippen LogP contribution >= 0.6 is 0 Å². The number of ether oxygens (including phenoxy) is 2. The van der Waals surface area contributed by atoms with E-state index in [1.165, 1.54) is 11.7 Å². The largest absolute Gasteiger partial charge is 0.493 e. The highest BCUT2D eigenvalue weighted by Gasteiger charge is 2.25. The summed E-state index contributed by atoms with van der Waals surface area (Å²) < 4.78 is 37.4. The molecule has 1 atom stereocenters. The first-order valence-electron chi connectivity index (χ1n) is 11.3. The Balaban J connectivity index is 1.89. The van der Waals surface area contributed by atoms with Crippen LogP contribution < -0.4 is 20.1 Å². The summed E-state index contributed by atoms with van der Waals surface area (Å²) in [5, 5.41) is 0. The van der Waals surface area contributed by atoms with Crippen LogP contribution in [0.4, 0.5) is 5.82 Å². The van der Waals surface area contributed by atoms with E-state index in [0.717, 1.165) is 11.8 Å². The minimum Gasteiger partial charge on any atom is -0.493 e. The van der Waals surface area contributed by atoms with Gasteiger partial charge in [-0.3, -0.25) is 9.55 Å². The van der Waals surface area contributed by atoms with Crippen molar-refractivity contribution in [1.82, 2.24) is 19.5 Å². The molecule has 0 spiro atoms. The number of hydrogen-bond acceptors (Lipinski definition) is 8. The van der Waals surface area contributed by atoms with Crippen LogP contribution in [0.3, 0.4) is 0 Å². The predicted octanol–water partition coefficient (Wildman–Crippen LogP) is 2.89. The molecule has 1 unspecified atom stereocenters. The number of H-pyrrole nitrogens is 1. The highest BCUT2D eigenvalue weighted by molar-refractivity contribution is 7.90. The van der Waals surface area contributed by atoms with Crippen molar-refractivity contribution in [3.63, 3.8) is 0 Å². The molecular formula is C25H29N5O5S. The molecule has 0 saturated carbocycles. The summed E-state index contributed by atoms with van der Waals surface area (Å²) in [6.07, 6.45) is 4.39. The Morgan fingerprint density at radius 3 is 2.50 bits per heavy atom. The maximum Gasteiger partial charge on any atom is 0.327 e. The third kappa shape index (κ3) is 5.06. The van der Waals surface area contributed by atoms with Gasteiger partial charge in [0.25, 0.3) is 0 Å². The van der Waals surface area contributed by atoms with Crippen LogP contribution in [0.15, 0.2) is 53.6 Å². The van der Waals surface area contributed by atoms with Gasteiger partial charge < -0.3 is 19.4 Å². The zero-order valence-corrected chi connectivity index (χ0v) is 21.7. The van der Waals surface area contributed by atoms with Gasteiger partial charge in [-0.05, 0) is 36.8 Å². The topological polar surface area (TPSA) is 119 Å². The van der Waals surface area contributed by atoms with Crippen LogP contribution in [0, 0.1) is 0 Å². The van der Waals surface area contributed by atoms with Crippen molar-refractivity contribution < 1.29 is 17.9 Å². The molecule has 36 heavy (non-hydrogen) atoms. The van der Waals surface area contributed by atoms with Crippen LogP contribution in [0.25, 0.3) is 22.3 Å². The number of aromatic nitrogens is 4. The first kappa shape index (κ1) is 25.2. The van der Waals surface area contributed by atoms with Crippen molar-refractivity contribution >= 4 is 26.7 Å². The molecule has 0 amide bonds. The van der Waals surface area contributed by atoms with Crippen molar-refractivity contribution in [2.45, 2.75) is 13.0 Å². The van der Waals surface area contributed by atoms with Crippen molar-refractivity contribution in [2.75, 3.05) is 44.7 Å². The molecule has 0 radical (unpaired) electrons. The Morgan fingerprint density at radius 1 is 1.08 bits per heavy atom. The normalized spacial score (nSPS) is 12.5. The van der Waals surface area contributed by atoms with Gasteiger partial charge in [-0.2, -0.15) is 0 Å². The lowest BCUT2D eigenvalue weighted by Crippen LogP contribution is -2.28. The molecule has 190 valence electrons. The van der Waals surface area contributed by atoms with E-state index in [4.69, 9.17) is 9.47 Å². The van der Waals surface area contributed by atoms with Crippen LogP contribution in [0.5, 0.6) is 11.5 Å². The van der Waals surface area contributed by atoms with E-state index in [1.54, 1.807) is 36.7 Å². The minimum atomic E-state index is -3.46. The lowest BCUT2D eigenvalue weighted by Gasteiger charge is -2.20. The zero-order chi connectivity index (χ0) is 26.0. The molecule has 1 N–H and O–H groups in total. The maximum absolute atomic E-state index is 13.2. The van der Waals surface area contributed by atoms with Crippen molar-refractivity contribution in [1.29, 1.82) is 0 Å². The molecule has 0 bridgehead atoms. The number of nitrogens with zero attached hydrogens (tertiary/aromatic N) is 4. The zero-order valence-electron chi connectivity index (χ0n) is 20.8. The molecule has 4 rings (SSSR count). The monoisotopic (exact) mass is 511 g/mol. The number of anilines is 1. The minimum absolute atomic E-state index is 0.269. The van der Waals surface area contributed by atoms with E-state index in [2.05, 4.69) is 15.0 Å². The van der Waals surface area contributed by atoms with Crippen LogP contribution in [-0.4, -0.2) is 67.8 Å². The van der Waals surface area contributed by atoms with Crippen LogP contribution in [-0.2, 0) is 9.84 Å². The molecule has 0 aliphatic heterocycles. The Labute approximate surface area is 209 Å². The fourth-order valence-corrected chi connectivity index (χ4v) is 5.14. The molecule has 2 aromatic carbocycles. The summed E-state index contributed by atoms with van der Waals surface area (Å²) in [7, 11) is 1.84. The highest BCUT2D eigenvalue weighted by Crippen LogP contribution is 2.34. The number of benzene rings is 2. The Bertz CT molecular complexity index is 1560. The van der Waals surface area contributed by atoms with E-state index < -0.39 is 21.6 Å². The summed E-state index contributed by atoms with van der Waals surface area (Å²) in [5.74, 6) is 1.42. The number of aromatic amines is 1. The molecular weight excluding hydrogens is 482 g/mol. The van der Waals surface area contributed by atoms with Gasteiger partial charge >= 0.3 is 5.69 Å². The lowest BCUT2D eigenvalue weighted by molar-refractivity contribution is 0.310. The average Bonchev–Trinajstić information content (AvgIpc) is 3.16. The number of rotatable bonds is 9. The van der Waals surface area contributed by atoms with Gasteiger partial charge in [0.05, 0.1) is 36.5 Å². The van der Waals surface area contributed by atoms with Gasteiger partial charge in [0, 0.05) is 38.3 Å². The summed E-state index contributed by atoms with van der Waals surface area (Å²) in [6, 6.07) is 9.86. The Hall–Kier alpha value is -3.86. The Kier molecular flexibility index (Phi) is 7.02. The van der Waals surface area contributed by atoms with Gasteiger partial charge in [0.15, 0.2) is 17.3 Å². The predicted molar refractivity (Wildman–Crippen MR) is 140 cm³/mol. The standard InChI is InChI=1S/C25H29N5O5S/c1-6-35-22-14-16(8-10-21(22)34-4)20(15-36(5,32)33)30-19-9-7-17(13-18(19)28-25(30)31)23-24(29(2)3)27-12-11-26-23/h7-14,20H,6,15H2,1-5H3,(H,28,31). The molecule has 0 fully saturated rings. The van der Waals surface area contributed by atoms with Gasteiger partial charge in [-0.1, -0.05) is 12.1 Å². The first-order chi connectivity index (χ1) is 17.1. The van der Waals surface area contributed by atoms with Crippen LogP contribution in [0.2, 0.25) is 0 Å². The highest BCUT2D eigenvalue weighted by atomic mass is 32.2. The molecule has 2 aromatic heterocycles. The lowest BCUT2D eigenvalue weighted by atomic mass is 10.1. The van der Waals surface area contributed by atoms with Crippen molar-refractivity contribution in [3.05, 3.63) is 64.8 Å². The number of nitrogens with one attached hydrogen (secondary N) is 1. The molecule has 2 heterocycles. The van der Waals surface area contributed by atoms with Gasteiger partial charge in [-0.25, -0.2) is 18.2 Å². The second-order valence-electron chi connectivity index (χ2n) is 8.61. The number of fused-ring (bicyclic) bond motifs is 1. The number of hydrogen-bond donors (Lipinski definition) is 1. The third-order valence-electron chi connectivity index (χ3n) is 5.74. The molecule has 0 aliphatic carbocycles. The fraction of sp³-hybridized carbons (Fsp3) is 0.320. The molecule has 10 nitrogen and oxygen atoms in total. The smallest absolute Gasteiger partial charge is 0.327 e. The first-order valence-corrected chi connectivity index (χ1v) is 13.4. The van der Waals surface area contributed by atoms with E-state index in [0.29, 0.717) is 46.2 Å². The SMILES string of the molecule is CCOc1cc(C(CS(C)(=O)=O)n2c(=O)[nH]c3cc(-c4nccnc4N(C)C)ccc32)ccc1OC. The van der Waals surface area contributed by atoms with Crippen LogP contribution in [0.1, 0.15) is 18.5 Å². The van der Waals surface area contributed by atoms with E-state index >= 15 is 0 Å². The average molecular weight is 512 g/mol. The summed E-state index contributed by atoms with van der Waals surface area (Å²) in [6.45, 7) is 2.25. The summed E-state index contributed by atoms with van der Waals surface area (Å²) in [5.41, 5.74) is 2.76. The number of sulfone groups is 1. The molecule has 11 heteroatoms. The van der Waals surface area contributed by atoms with E-state index in [-0.39, 0.29) is 5.75 Å². The van der Waals surface area contributed by atoms with Gasteiger partial charge in [0.2, 0.25) is 0 Å². The van der Waals surface area contributed by atoms with E-state index in [9.17, 15) is 13.2 Å². The van der Waals surface area contributed by atoms with Crippen molar-refractivity contribution in [3.8, 4) is 22.8 Å². The number of imidazole rings is 1. The van der Waals surface area contributed by atoms with Gasteiger partial charge in [-0.15, -0.1) is 0 Å². The van der Waals surface area contributed by atoms with Crippen molar-refractivity contribution in [2.24, 2.45) is 0 Å². The number of methoxy groups -OCH3 is 1. The second-order valence-corrected chi connectivity index (χ2v) is 10.8. The molecule has 0 aliphatic rings. The maximum atomic E-state index is 13.2. The summed E-state index contributed by atoms with van der Waals surface area (Å²) >= 11 is 0. The quantitative estimate of drug-likeness (QED) is 0.364. The second kappa shape index (κ2) is 10.0. The molecule has 4 aromatic rings. The fourth-order valence-electron chi connectivity index (χ4n) is 4.22. The summed E-state index contributed by atoms with van der Waals surface area (Å²) in [4.78, 5) is 26.8.